The molecule has 1 aromatic carbocycles. The van der Waals surface area contributed by atoms with E-state index in [1.54, 1.807) is 14.2 Å². The normalized spacial score (nSPS) is 11.8. The largest absolute Gasteiger partial charge is 0.493 e. The van der Waals surface area contributed by atoms with Crippen molar-refractivity contribution in [2.24, 2.45) is 11.7 Å². The van der Waals surface area contributed by atoms with Crippen LogP contribution < -0.4 is 20.5 Å². The fraction of sp³-hybridized carbons (Fsp3) is 0.500. The molecule has 0 aliphatic heterocycles. The molecule has 0 aliphatic carbocycles. The molecule has 1 unspecified atom stereocenters. The minimum absolute atomic E-state index is 0.00716. The minimum Gasteiger partial charge on any atom is -0.493 e. The van der Waals surface area contributed by atoms with Crippen LogP contribution in [-0.2, 0) is 11.3 Å². The average molecular weight is 266 g/mol. The van der Waals surface area contributed by atoms with Crippen molar-refractivity contribution >= 4 is 5.91 Å². The molecule has 0 fully saturated rings. The summed E-state index contributed by atoms with van der Waals surface area (Å²) in [6, 6.07) is 5.57. The SMILES string of the molecule is COc1ccc(CNC(=O)CC(C)CN)cc1OC. The van der Waals surface area contributed by atoms with Crippen LogP contribution in [0.5, 0.6) is 11.5 Å². The lowest BCUT2D eigenvalue weighted by atomic mass is 10.1. The summed E-state index contributed by atoms with van der Waals surface area (Å²) in [5.74, 6) is 1.54. The number of nitrogens with one attached hydrogen (secondary N) is 1. The standard InChI is InChI=1S/C14H22N2O3/c1-10(8-15)6-14(17)16-9-11-4-5-12(18-2)13(7-11)19-3/h4-5,7,10H,6,8-9,15H2,1-3H3,(H,16,17). The number of hydrogen-bond acceptors (Lipinski definition) is 4. The third-order valence-corrected chi connectivity index (χ3v) is 2.87. The first-order chi connectivity index (χ1) is 9.10. The van der Waals surface area contributed by atoms with Crippen molar-refractivity contribution in [3.8, 4) is 11.5 Å². The number of ether oxygens (including phenoxy) is 2. The molecule has 3 N–H and O–H groups in total. The van der Waals surface area contributed by atoms with Gasteiger partial charge >= 0.3 is 0 Å². The second-order valence-corrected chi connectivity index (χ2v) is 4.51. The summed E-state index contributed by atoms with van der Waals surface area (Å²) >= 11 is 0. The van der Waals surface area contributed by atoms with Crippen molar-refractivity contribution in [1.82, 2.24) is 5.32 Å². The average Bonchev–Trinajstić information content (AvgIpc) is 2.44. The van der Waals surface area contributed by atoms with Crippen LogP contribution in [0.4, 0.5) is 0 Å². The summed E-state index contributed by atoms with van der Waals surface area (Å²) in [4.78, 5) is 11.6. The van der Waals surface area contributed by atoms with E-state index in [0.29, 0.717) is 31.0 Å². The van der Waals surface area contributed by atoms with Crippen LogP contribution in [0.3, 0.4) is 0 Å². The summed E-state index contributed by atoms with van der Waals surface area (Å²) in [6.07, 6.45) is 0.448. The van der Waals surface area contributed by atoms with Gasteiger partial charge in [0, 0.05) is 13.0 Å². The molecule has 5 nitrogen and oxygen atoms in total. The monoisotopic (exact) mass is 266 g/mol. The molecule has 5 heteroatoms. The van der Waals surface area contributed by atoms with Crippen LogP contribution in [0, 0.1) is 5.92 Å². The number of nitrogens with two attached hydrogens (primary N) is 1. The Labute approximate surface area is 114 Å². The van der Waals surface area contributed by atoms with E-state index < -0.39 is 0 Å². The van der Waals surface area contributed by atoms with Crippen molar-refractivity contribution in [2.75, 3.05) is 20.8 Å². The first-order valence-electron chi connectivity index (χ1n) is 6.28. The Hall–Kier alpha value is -1.75. The molecule has 19 heavy (non-hydrogen) atoms. The van der Waals surface area contributed by atoms with Crippen LogP contribution in [0.25, 0.3) is 0 Å². The summed E-state index contributed by atoms with van der Waals surface area (Å²) in [5.41, 5.74) is 6.45. The molecule has 0 aromatic heterocycles. The highest BCUT2D eigenvalue weighted by Crippen LogP contribution is 2.27. The van der Waals surface area contributed by atoms with Crippen molar-refractivity contribution < 1.29 is 14.3 Å². The van der Waals surface area contributed by atoms with Gasteiger partial charge in [-0.1, -0.05) is 13.0 Å². The van der Waals surface area contributed by atoms with E-state index >= 15 is 0 Å². The molecular formula is C14H22N2O3. The van der Waals surface area contributed by atoms with Crippen LogP contribution in [0.1, 0.15) is 18.9 Å². The summed E-state index contributed by atoms with van der Waals surface area (Å²) in [7, 11) is 3.18. The molecule has 0 radical (unpaired) electrons. The lowest BCUT2D eigenvalue weighted by Crippen LogP contribution is -2.26. The van der Waals surface area contributed by atoms with Crippen molar-refractivity contribution in [2.45, 2.75) is 19.9 Å². The zero-order valence-electron chi connectivity index (χ0n) is 11.7. The Kier molecular flexibility index (Phi) is 6.15. The molecule has 0 spiro atoms. The third-order valence-electron chi connectivity index (χ3n) is 2.87. The van der Waals surface area contributed by atoms with Gasteiger partial charge in [0.05, 0.1) is 14.2 Å². The predicted octanol–water partition coefficient (Wildman–Crippen LogP) is 1.30. The van der Waals surface area contributed by atoms with Crippen molar-refractivity contribution in [1.29, 1.82) is 0 Å². The fourth-order valence-corrected chi connectivity index (χ4v) is 1.66. The van der Waals surface area contributed by atoms with Gasteiger partial charge < -0.3 is 20.5 Å². The van der Waals surface area contributed by atoms with Crippen molar-refractivity contribution in [3.05, 3.63) is 23.8 Å². The molecule has 0 heterocycles. The number of benzene rings is 1. The predicted molar refractivity (Wildman–Crippen MR) is 74.2 cm³/mol. The van der Waals surface area contributed by atoms with Crippen LogP contribution in [-0.4, -0.2) is 26.7 Å². The summed E-state index contributed by atoms with van der Waals surface area (Å²) in [5, 5.41) is 2.86. The topological polar surface area (TPSA) is 73.6 Å². The molecule has 0 aliphatic rings. The number of amides is 1. The lowest BCUT2D eigenvalue weighted by molar-refractivity contribution is -0.122. The van der Waals surface area contributed by atoms with Crippen LogP contribution in [0.2, 0.25) is 0 Å². The van der Waals surface area contributed by atoms with E-state index in [1.807, 2.05) is 25.1 Å². The number of methoxy groups -OCH3 is 2. The van der Waals surface area contributed by atoms with E-state index in [1.165, 1.54) is 0 Å². The van der Waals surface area contributed by atoms with Crippen LogP contribution >= 0.6 is 0 Å². The van der Waals surface area contributed by atoms with Gasteiger partial charge in [0.1, 0.15) is 0 Å². The van der Waals surface area contributed by atoms with Crippen molar-refractivity contribution in [3.63, 3.8) is 0 Å². The Morgan fingerprint density at radius 2 is 2.00 bits per heavy atom. The van der Waals surface area contributed by atoms with Crippen LogP contribution in [0.15, 0.2) is 18.2 Å². The Balaban J connectivity index is 2.56. The van der Waals surface area contributed by atoms with Gasteiger partial charge in [-0.3, -0.25) is 4.79 Å². The molecule has 0 bridgehead atoms. The molecule has 1 rings (SSSR count). The van der Waals surface area contributed by atoms with E-state index in [9.17, 15) is 4.79 Å². The Morgan fingerprint density at radius 3 is 2.58 bits per heavy atom. The molecule has 1 amide bonds. The van der Waals surface area contributed by atoms with E-state index in [4.69, 9.17) is 15.2 Å². The van der Waals surface area contributed by atoms with Gasteiger partial charge in [0.15, 0.2) is 11.5 Å². The van der Waals surface area contributed by atoms with E-state index in [-0.39, 0.29) is 11.8 Å². The molecule has 0 saturated heterocycles. The Morgan fingerprint density at radius 1 is 1.32 bits per heavy atom. The maximum atomic E-state index is 11.6. The first kappa shape index (κ1) is 15.3. The number of hydrogen-bond donors (Lipinski definition) is 2. The highest BCUT2D eigenvalue weighted by atomic mass is 16.5. The second-order valence-electron chi connectivity index (χ2n) is 4.51. The van der Waals surface area contributed by atoms with E-state index in [2.05, 4.69) is 5.32 Å². The smallest absolute Gasteiger partial charge is 0.220 e. The zero-order valence-corrected chi connectivity index (χ0v) is 11.7. The number of rotatable bonds is 7. The van der Waals surface area contributed by atoms with Gasteiger partial charge in [-0.2, -0.15) is 0 Å². The lowest BCUT2D eigenvalue weighted by Gasteiger charge is -2.11. The third kappa shape index (κ3) is 4.79. The zero-order chi connectivity index (χ0) is 14.3. The maximum Gasteiger partial charge on any atom is 0.220 e. The van der Waals surface area contributed by atoms with Gasteiger partial charge in [0.2, 0.25) is 5.91 Å². The molecule has 1 aromatic rings. The molecule has 0 saturated carbocycles. The minimum atomic E-state index is 0.00716. The maximum absolute atomic E-state index is 11.6. The van der Waals surface area contributed by atoms with Gasteiger partial charge in [-0.25, -0.2) is 0 Å². The molecular weight excluding hydrogens is 244 g/mol. The van der Waals surface area contributed by atoms with Gasteiger partial charge in [0.25, 0.3) is 0 Å². The Bertz CT molecular complexity index is 421. The highest BCUT2D eigenvalue weighted by molar-refractivity contribution is 5.76. The van der Waals surface area contributed by atoms with E-state index in [0.717, 1.165) is 5.56 Å². The quantitative estimate of drug-likeness (QED) is 0.780. The first-order valence-corrected chi connectivity index (χ1v) is 6.28. The number of carbonyl (C=O) groups excluding carboxylic acids is 1. The molecule has 106 valence electrons. The summed E-state index contributed by atoms with van der Waals surface area (Å²) in [6.45, 7) is 2.94. The second kappa shape index (κ2) is 7.63. The number of carbonyl (C=O) groups is 1. The fourth-order valence-electron chi connectivity index (χ4n) is 1.66. The van der Waals surface area contributed by atoms with Gasteiger partial charge in [-0.15, -0.1) is 0 Å². The van der Waals surface area contributed by atoms with Gasteiger partial charge in [-0.05, 0) is 30.2 Å². The highest BCUT2D eigenvalue weighted by Gasteiger charge is 2.08. The molecule has 1 atom stereocenters. The summed E-state index contributed by atoms with van der Waals surface area (Å²) < 4.78 is 10.4.